The summed E-state index contributed by atoms with van der Waals surface area (Å²) in [7, 11) is 0. The second-order valence-electron chi connectivity index (χ2n) is 7.99. The van der Waals surface area contributed by atoms with Crippen molar-refractivity contribution in [3.63, 3.8) is 0 Å². The van der Waals surface area contributed by atoms with Crippen molar-refractivity contribution in [2.45, 2.75) is 78.7 Å². The van der Waals surface area contributed by atoms with Crippen molar-refractivity contribution in [3.05, 3.63) is 35.4 Å². The van der Waals surface area contributed by atoms with Crippen LogP contribution in [-0.2, 0) is 20.6 Å². The van der Waals surface area contributed by atoms with E-state index in [0.717, 1.165) is 11.1 Å². The molecule has 1 rings (SSSR count). The Morgan fingerprint density at radius 1 is 0.808 bits per heavy atom. The number of carbonyl (C=O) groups excluding carboxylic acids is 2. The first-order valence-corrected chi connectivity index (χ1v) is 8.92. The third-order valence-electron chi connectivity index (χ3n) is 3.82. The smallest absolute Gasteiger partial charge is 0.408 e. The molecule has 1 aromatic rings. The van der Waals surface area contributed by atoms with Gasteiger partial charge in [-0.1, -0.05) is 24.3 Å². The number of carbonyl (C=O) groups is 2. The number of alkyl carbamates (subject to hydrolysis) is 2. The van der Waals surface area contributed by atoms with E-state index in [1.165, 1.54) is 0 Å². The number of ether oxygens (including phenoxy) is 2. The zero-order valence-electron chi connectivity index (χ0n) is 17.1. The van der Waals surface area contributed by atoms with Crippen molar-refractivity contribution < 1.29 is 19.1 Å². The molecule has 0 aromatic heterocycles. The molecule has 0 aliphatic heterocycles. The van der Waals surface area contributed by atoms with E-state index in [4.69, 9.17) is 9.47 Å². The van der Waals surface area contributed by atoms with Gasteiger partial charge in [-0.3, -0.25) is 0 Å². The summed E-state index contributed by atoms with van der Waals surface area (Å²) in [5.41, 5.74) is 0.554. The maximum atomic E-state index is 12.0. The number of amides is 2. The van der Waals surface area contributed by atoms with Crippen molar-refractivity contribution in [1.29, 1.82) is 0 Å². The Bertz CT molecular complexity index is 585. The molecule has 0 bridgehead atoms. The van der Waals surface area contributed by atoms with Crippen molar-refractivity contribution >= 4 is 12.2 Å². The molecular formula is C20H32N2O4. The third-order valence-corrected chi connectivity index (χ3v) is 3.82. The Balaban J connectivity index is 2.98. The van der Waals surface area contributed by atoms with Gasteiger partial charge in [0.05, 0.1) is 23.3 Å². The number of benzene rings is 1. The molecule has 0 spiro atoms. The molecule has 146 valence electrons. The highest BCUT2D eigenvalue weighted by Gasteiger charge is 2.28. The lowest BCUT2D eigenvalue weighted by Gasteiger charge is -2.31. The van der Waals surface area contributed by atoms with Crippen molar-refractivity contribution in [2.75, 3.05) is 0 Å². The van der Waals surface area contributed by atoms with Gasteiger partial charge in [0, 0.05) is 0 Å². The standard InChI is InChI=1S/C20H32N2O4/c1-13(2)25-17(23)21-19(5,6)15-10-9-11-16(12-15)20(7,8)22-18(24)26-14(3)4/h9-14H,1-8H3,(H,21,23)(H,22,24). The minimum atomic E-state index is -0.628. The molecule has 0 atom stereocenters. The second kappa shape index (κ2) is 8.43. The van der Waals surface area contributed by atoms with Crippen LogP contribution in [0.5, 0.6) is 0 Å². The first-order valence-electron chi connectivity index (χ1n) is 8.92. The fourth-order valence-corrected chi connectivity index (χ4v) is 2.44. The van der Waals surface area contributed by atoms with Crippen LogP contribution < -0.4 is 10.6 Å². The molecule has 0 radical (unpaired) electrons. The number of hydrogen-bond donors (Lipinski definition) is 2. The molecule has 26 heavy (non-hydrogen) atoms. The summed E-state index contributed by atoms with van der Waals surface area (Å²) < 4.78 is 10.3. The highest BCUT2D eigenvalue weighted by Crippen LogP contribution is 2.27. The number of hydrogen-bond acceptors (Lipinski definition) is 4. The fourth-order valence-electron chi connectivity index (χ4n) is 2.44. The van der Waals surface area contributed by atoms with Crippen molar-refractivity contribution in [3.8, 4) is 0 Å². The Kier molecular flexibility index (Phi) is 7.07. The van der Waals surface area contributed by atoms with Gasteiger partial charge in [-0.05, 0) is 66.5 Å². The Morgan fingerprint density at radius 3 is 1.46 bits per heavy atom. The van der Waals surface area contributed by atoms with Crippen LogP contribution in [0.2, 0.25) is 0 Å². The molecule has 6 nitrogen and oxygen atoms in total. The first-order chi connectivity index (χ1) is 11.8. The second-order valence-corrected chi connectivity index (χ2v) is 7.99. The highest BCUT2D eigenvalue weighted by molar-refractivity contribution is 5.69. The molecule has 2 N–H and O–H groups in total. The Labute approximate surface area is 156 Å². The lowest BCUT2D eigenvalue weighted by Crippen LogP contribution is -2.44. The quantitative estimate of drug-likeness (QED) is 0.783. The minimum absolute atomic E-state index is 0.188. The molecule has 0 fully saturated rings. The number of rotatable bonds is 6. The Hall–Kier alpha value is -2.24. The van der Waals surface area contributed by atoms with Crippen LogP contribution >= 0.6 is 0 Å². The predicted octanol–water partition coefficient (Wildman–Crippen LogP) is 4.43. The highest BCUT2D eigenvalue weighted by atomic mass is 16.6. The minimum Gasteiger partial charge on any atom is -0.447 e. The largest absolute Gasteiger partial charge is 0.447 e. The van der Waals surface area contributed by atoms with Crippen LogP contribution in [-0.4, -0.2) is 24.4 Å². The van der Waals surface area contributed by atoms with Crippen LogP contribution in [0.4, 0.5) is 9.59 Å². The topological polar surface area (TPSA) is 76.7 Å². The SMILES string of the molecule is CC(C)OC(=O)NC(C)(C)c1cccc(C(C)(C)NC(=O)OC(C)C)c1. The monoisotopic (exact) mass is 364 g/mol. The summed E-state index contributed by atoms with van der Waals surface area (Å²) in [5.74, 6) is 0. The van der Waals surface area contributed by atoms with Crippen LogP contribution in [0, 0.1) is 0 Å². The van der Waals surface area contributed by atoms with Crippen LogP contribution in [0.1, 0.15) is 66.5 Å². The first kappa shape index (κ1) is 21.8. The lowest BCUT2D eigenvalue weighted by atomic mass is 9.87. The zero-order chi connectivity index (χ0) is 20.1. The molecule has 0 heterocycles. The van der Waals surface area contributed by atoms with Gasteiger partial charge >= 0.3 is 12.2 Å². The summed E-state index contributed by atoms with van der Waals surface area (Å²) >= 11 is 0. The van der Waals surface area contributed by atoms with Crippen LogP contribution in [0.15, 0.2) is 24.3 Å². The predicted molar refractivity (Wildman–Crippen MR) is 102 cm³/mol. The van der Waals surface area contributed by atoms with E-state index < -0.39 is 23.3 Å². The molecule has 0 unspecified atom stereocenters. The lowest BCUT2D eigenvalue weighted by molar-refractivity contribution is 0.106. The molecule has 0 aliphatic rings. The van der Waals surface area contributed by atoms with E-state index in [1.807, 2.05) is 52.0 Å². The van der Waals surface area contributed by atoms with E-state index in [0.29, 0.717) is 0 Å². The molecule has 6 heteroatoms. The van der Waals surface area contributed by atoms with Crippen LogP contribution in [0.25, 0.3) is 0 Å². The van der Waals surface area contributed by atoms with E-state index in [1.54, 1.807) is 27.7 Å². The zero-order valence-corrected chi connectivity index (χ0v) is 17.1. The summed E-state index contributed by atoms with van der Waals surface area (Å²) in [6.45, 7) is 14.8. The van der Waals surface area contributed by atoms with Crippen molar-refractivity contribution in [2.24, 2.45) is 0 Å². The Morgan fingerprint density at radius 2 is 1.15 bits per heavy atom. The molecule has 0 saturated carbocycles. The average molecular weight is 364 g/mol. The van der Waals surface area contributed by atoms with Gasteiger partial charge < -0.3 is 20.1 Å². The number of nitrogens with one attached hydrogen (secondary N) is 2. The van der Waals surface area contributed by atoms with Gasteiger partial charge in [0.2, 0.25) is 0 Å². The summed E-state index contributed by atoms with van der Waals surface area (Å²) in [4.78, 5) is 23.9. The van der Waals surface area contributed by atoms with E-state index in [9.17, 15) is 9.59 Å². The van der Waals surface area contributed by atoms with Crippen molar-refractivity contribution in [1.82, 2.24) is 10.6 Å². The van der Waals surface area contributed by atoms with E-state index >= 15 is 0 Å². The summed E-state index contributed by atoms with van der Waals surface area (Å²) in [6, 6.07) is 7.73. The maximum absolute atomic E-state index is 12.0. The normalized spacial score (nSPS) is 12.1. The van der Waals surface area contributed by atoms with Crippen LogP contribution in [0.3, 0.4) is 0 Å². The summed E-state index contributed by atoms with van der Waals surface area (Å²) in [6.07, 6.45) is -1.30. The van der Waals surface area contributed by atoms with Gasteiger partial charge in [-0.25, -0.2) is 9.59 Å². The third kappa shape index (κ3) is 6.58. The average Bonchev–Trinajstić information content (AvgIpc) is 2.44. The molecule has 0 saturated heterocycles. The van der Waals surface area contributed by atoms with Gasteiger partial charge in [0.1, 0.15) is 0 Å². The van der Waals surface area contributed by atoms with Gasteiger partial charge in [-0.2, -0.15) is 0 Å². The van der Waals surface area contributed by atoms with E-state index in [2.05, 4.69) is 10.6 Å². The summed E-state index contributed by atoms with van der Waals surface area (Å²) in [5, 5.41) is 5.75. The van der Waals surface area contributed by atoms with Gasteiger partial charge in [-0.15, -0.1) is 0 Å². The molecule has 1 aromatic carbocycles. The molecule has 0 aliphatic carbocycles. The maximum Gasteiger partial charge on any atom is 0.408 e. The van der Waals surface area contributed by atoms with Gasteiger partial charge in [0.15, 0.2) is 0 Å². The van der Waals surface area contributed by atoms with Gasteiger partial charge in [0.25, 0.3) is 0 Å². The molecular weight excluding hydrogens is 332 g/mol. The molecule has 2 amide bonds. The van der Waals surface area contributed by atoms with E-state index in [-0.39, 0.29) is 12.2 Å². The fraction of sp³-hybridized carbons (Fsp3) is 0.600.